The van der Waals surface area contributed by atoms with Gasteiger partial charge in [-0.05, 0) is 63.4 Å². The van der Waals surface area contributed by atoms with E-state index in [-0.39, 0.29) is 11.9 Å². The van der Waals surface area contributed by atoms with Crippen LogP contribution >= 0.6 is 0 Å². The molecule has 3 heteroatoms. The summed E-state index contributed by atoms with van der Waals surface area (Å²) >= 11 is 0. The highest BCUT2D eigenvalue weighted by atomic mass is 19.1. The zero-order chi connectivity index (χ0) is 12.3. The molecule has 0 spiro atoms. The first-order valence-electron chi connectivity index (χ1n) is 6.33. The first kappa shape index (κ1) is 12.4. The van der Waals surface area contributed by atoms with Gasteiger partial charge in [0.15, 0.2) is 0 Å². The Morgan fingerprint density at radius 2 is 1.94 bits per heavy atom. The Hall–Kier alpha value is -1.09. The summed E-state index contributed by atoms with van der Waals surface area (Å²) in [4.78, 5) is 0. The molecule has 1 aliphatic heterocycles. The third-order valence-corrected chi connectivity index (χ3v) is 3.08. The maximum Gasteiger partial charge on any atom is 0.127 e. The molecule has 0 aromatic heterocycles. The lowest BCUT2D eigenvalue weighted by Crippen LogP contribution is -2.26. The molecule has 1 aliphatic rings. The average Bonchev–Trinajstić information content (AvgIpc) is 2.28. The van der Waals surface area contributed by atoms with Crippen LogP contribution in [0.3, 0.4) is 0 Å². The van der Waals surface area contributed by atoms with Crippen LogP contribution in [-0.4, -0.2) is 19.2 Å². The molecule has 0 unspecified atom stereocenters. The third kappa shape index (κ3) is 3.43. The topological polar surface area (TPSA) is 21.3 Å². The van der Waals surface area contributed by atoms with Crippen molar-refractivity contribution in [3.63, 3.8) is 0 Å². The Morgan fingerprint density at radius 1 is 1.24 bits per heavy atom. The van der Waals surface area contributed by atoms with Gasteiger partial charge in [-0.15, -0.1) is 0 Å². The summed E-state index contributed by atoms with van der Waals surface area (Å²) in [6, 6.07) is 5.09. The summed E-state index contributed by atoms with van der Waals surface area (Å²) < 4.78 is 19.1. The molecule has 2 nitrogen and oxygen atoms in total. The van der Waals surface area contributed by atoms with Gasteiger partial charge in [0.1, 0.15) is 11.6 Å². The van der Waals surface area contributed by atoms with E-state index in [1.54, 1.807) is 6.07 Å². The normalized spacial score (nSPS) is 17.4. The fourth-order valence-corrected chi connectivity index (χ4v) is 2.32. The first-order chi connectivity index (χ1) is 8.15. The van der Waals surface area contributed by atoms with E-state index in [1.165, 1.54) is 6.07 Å². The minimum absolute atomic E-state index is 0.0812. The van der Waals surface area contributed by atoms with Gasteiger partial charge < -0.3 is 10.1 Å². The Labute approximate surface area is 102 Å². The number of ether oxygens (including phenoxy) is 1. The molecule has 17 heavy (non-hydrogen) atoms. The number of hydrogen-bond acceptors (Lipinski definition) is 2. The lowest BCUT2D eigenvalue weighted by molar-refractivity contribution is 0.241. The van der Waals surface area contributed by atoms with Crippen molar-refractivity contribution in [1.82, 2.24) is 5.32 Å². The molecule has 1 aromatic rings. The van der Waals surface area contributed by atoms with Crippen LogP contribution in [0.15, 0.2) is 18.2 Å². The molecular formula is C14H20FNO. The monoisotopic (exact) mass is 237 g/mol. The SMILES string of the molecule is CC(C)Oc1cc(F)cc(C2CCNCC2)c1. The quantitative estimate of drug-likeness (QED) is 0.872. The minimum Gasteiger partial charge on any atom is -0.491 e. The molecule has 0 amide bonds. The van der Waals surface area contributed by atoms with E-state index in [0.29, 0.717) is 11.7 Å². The van der Waals surface area contributed by atoms with Gasteiger partial charge >= 0.3 is 0 Å². The highest BCUT2D eigenvalue weighted by molar-refractivity contribution is 5.32. The molecule has 1 aromatic carbocycles. The Morgan fingerprint density at radius 3 is 2.59 bits per heavy atom. The second-order valence-electron chi connectivity index (χ2n) is 4.91. The van der Waals surface area contributed by atoms with Gasteiger partial charge in [0.2, 0.25) is 0 Å². The van der Waals surface area contributed by atoms with Gasteiger partial charge in [0.05, 0.1) is 6.10 Å². The van der Waals surface area contributed by atoms with Crippen molar-refractivity contribution in [2.24, 2.45) is 0 Å². The standard InChI is InChI=1S/C14H20FNO/c1-10(2)17-14-8-12(7-13(15)9-14)11-3-5-16-6-4-11/h7-11,16H,3-6H2,1-2H3. The highest BCUT2D eigenvalue weighted by Gasteiger charge is 2.17. The van der Waals surface area contributed by atoms with Gasteiger partial charge in [-0.2, -0.15) is 0 Å². The number of halogens is 1. The van der Waals surface area contributed by atoms with E-state index in [2.05, 4.69) is 5.32 Å². The molecule has 0 bridgehead atoms. The molecule has 94 valence electrons. The molecule has 1 fully saturated rings. The van der Waals surface area contributed by atoms with E-state index in [0.717, 1.165) is 31.5 Å². The fraction of sp³-hybridized carbons (Fsp3) is 0.571. The summed E-state index contributed by atoms with van der Waals surface area (Å²) in [5.41, 5.74) is 1.07. The predicted octanol–water partition coefficient (Wildman–Crippen LogP) is 3.08. The predicted molar refractivity (Wildman–Crippen MR) is 67.0 cm³/mol. The molecule has 1 heterocycles. The molecule has 0 atom stereocenters. The largest absolute Gasteiger partial charge is 0.491 e. The van der Waals surface area contributed by atoms with Crippen LogP contribution in [0.1, 0.15) is 38.2 Å². The molecule has 1 saturated heterocycles. The second kappa shape index (κ2) is 5.50. The molecule has 0 radical (unpaired) electrons. The van der Waals surface area contributed by atoms with Crippen LogP contribution in [0.2, 0.25) is 0 Å². The third-order valence-electron chi connectivity index (χ3n) is 3.08. The van der Waals surface area contributed by atoms with Crippen LogP contribution in [0.4, 0.5) is 4.39 Å². The van der Waals surface area contributed by atoms with E-state index < -0.39 is 0 Å². The Balaban J connectivity index is 2.18. The Kier molecular flexibility index (Phi) is 4.00. The van der Waals surface area contributed by atoms with Gasteiger partial charge in [0.25, 0.3) is 0 Å². The van der Waals surface area contributed by atoms with Crippen LogP contribution < -0.4 is 10.1 Å². The maximum atomic E-state index is 13.5. The van der Waals surface area contributed by atoms with Gasteiger partial charge in [0, 0.05) is 6.07 Å². The van der Waals surface area contributed by atoms with Crippen molar-refractivity contribution in [2.75, 3.05) is 13.1 Å². The van der Waals surface area contributed by atoms with E-state index >= 15 is 0 Å². The van der Waals surface area contributed by atoms with Crippen molar-refractivity contribution >= 4 is 0 Å². The average molecular weight is 237 g/mol. The van der Waals surface area contributed by atoms with Gasteiger partial charge in [-0.25, -0.2) is 4.39 Å². The lowest BCUT2D eigenvalue weighted by atomic mass is 9.90. The second-order valence-corrected chi connectivity index (χ2v) is 4.91. The molecule has 1 N–H and O–H groups in total. The van der Waals surface area contributed by atoms with Crippen LogP contribution in [-0.2, 0) is 0 Å². The van der Waals surface area contributed by atoms with Crippen molar-refractivity contribution in [1.29, 1.82) is 0 Å². The zero-order valence-electron chi connectivity index (χ0n) is 10.5. The van der Waals surface area contributed by atoms with Crippen molar-refractivity contribution in [3.05, 3.63) is 29.6 Å². The molecule has 0 saturated carbocycles. The van der Waals surface area contributed by atoms with Crippen LogP contribution in [0, 0.1) is 5.82 Å². The highest BCUT2D eigenvalue weighted by Crippen LogP contribution is 2.29. The molecule has 0 aliphatic carbocycles. The number of nitrogens with one attached hydrogen (secondary N) is 1. The molecular weight excluding hydrogens is 217 g/mol. The Bertz CT molecular complexity index is 372. The van der Waals surface area contributed by atoms with Crippen LogP contribution in [0.5, 0.6) is 5.75 Å². The van der Waals surface area contributed by atoms with E-state index in [9.17, 15) is 4.39 Å². The summed E-state index contributed by atoms with van der Waals surface area (Å²) in [5.74, 6) is 0.909. The van der Waals surface area contributed by atoms with Crippen LogP contribution in [0.25, 0.3) is 0 Å². The number of hydrogen-bond donors (Lipinski definition) is 1. The summed E-state index contributed by atoms with van der Waals surface area (Å²) in [7, 11) is 0. The smallest absolute Gasteiger partial charge is 0.127 e. The van der Waals surface area contributed by atoms with E-state index in [1.807, 2.05) is 19.9 Å². The van der Waals surface area contributed by atoms with E-state index in [4.69, 9.17) is 4.74 Å². The first-order valence-corrected chi connectivity index (χ1v) is 6.33. The maximum absolute atomic E-state index is 13.5. The van der Waals surface area contributed by atoms with Gasteiger partial charge in [-0.3, -0.25) is 0 Å². The lowest BCUT2D eigenvalue weighted by Gasteiger charge is -2.23. The minimum atomic E-state index is -0.198. The summed E-state index contributed by atoms with van der Waals surface area (Å²) in [6.07, 6.45) is 2.23. The zero-order valence-corrected chi connectivity index (χ0v) is 10.5. The number of piperidine rings is 1. The summed E-state index contributed by atoms with van der Waals surface area (Å²) in [5, 5.41) is 3.32. The van der Waals surface area contributed by atoms with Crippen molar-refractivity contribution < 1.29 is 9.13 Å². The number of rotatable bonds is 3. The van der Waals surface area contributed by atoms with Crippen molar-refractivity contribution in [3.8, 4) is 5.75 Å². The van der Waals surface area contributed by atoms with Crippen molar-refractivity contribution in [2.45, 2.75) is 38.7 Å². The van der Waals surface area contributed by atoms with Gasteiger partial charge in [-0.1, -0.05) is 0 Å². The fourth-order valence-electron chi connectivity index (χ4n) is 2.32. The summed E-state index contributed by atoms with van der Waals surface area (Å²) in [6.45, 7) is 5.94. The number of benzene rings is 1. The molecule has 2 rings (SSSR count).